The molecular weight excluding hydrogens is 452 g/mol. The molecule has 0 bridgehead atoms. The molecule has 10 heteroatoms. The van der Waals surface area contributed by atoms with E-state index >= 15 is 0 Å². The third-order valence-corrected chi connectivity index (χ3v) is 7.58. The number of anilines is 1. The number of aromatic nitrogens is 4. The number of hydrogen-bond acceptors (Lipinski definition) is 7. The van der Waals surface area contributed by atoms with E-state index in [2.05, 4.69) is 33.3 Å². The summed E-state index contributed by atoms with van der Waals surface area (Å²) in [4.78, 5) is 30.6. The highest BCUT2D eigenvalue weighted by atomic mass is 32.2. The second kappa shape index (κ2) is 8.65. The van der Waals surface area contributed by atoms with Gasteiger partial charge in [0.25, 0.3) is 5.91 Å². The second-order valence-corrected chi connectivity index (χ2v) is 11.4. The van der Waals surface area contributed by atoms with Gasteiger partial charge in [-0.1, -0.05) is 20.8 Å². The maximum atomic E-state index is 12.4. The summed E-state index contributed by atoms with van der Waals surface area (Å²) < 4.78 is 27.0. The number of imidazole rings is 1. The first-order chi connectivity index (χ1) is 15.9. The van der Waals surface area contributed by atoms with Gasteiger partial charge in [-0.15, -0.1) is 0 Å². The van der Waals surface area contributed by atoms with E-state index < -0.39 is 9.84 Å². The predicted molar refractivity (Wildman–Crippen MR) is 132 cm³/mol. The van der Waals surface area contributed by atoms with Crippen molar-refractivity contribution < 1.29 is 13.2 Å². The lowest BCUT2D eigenvalue weighted by Gasteiger charge is -2.38. The number of nitrogens with zero attached hydrogens (tertiary/aromatic N) is 6. The number of rotatable bonds is 5. The monoisotopic (exact) mass is 484 g/mol. The van der Waals surface area contributed by atoms with Crippen molar-refractivity contribution in [2.24, 2.45) is 5.92 Å². The average molecular weight is 485 g/mol. The highest BCUT2D eigenvalue weighted by Gasteiger charge is 2.35. The van der Waals surface area contributed by atoms with E-state index in [0.717, 1.165) is 22.4 Å². The van der Waals surface area contributed by atoms with E-state index in [-0.39, 0.29) is 17.9 Å². The van der Waals surface area contributed by atoms with Crippen LogP contribution in [0.4, 0.5) is 5.95 Å². The summed E-state index contributed by atoms with van der Waals surface area (Å²) in [5, 5.41) is 0. The van der Waals surface area contributed by atoms with Crippen LogP contribution in [0.3, 0.4) is 0 Å². The Morgan fingerprint density at radius 3 is 2.47 bits per heavy atom. The number of carbonyl (C=O) groups is 1. The summed E-state index contributed by atoms with van der Waals surface area (Å²) in [7, 11) is 0.0645. The molecule has 34 heavy (non-hydrogen) atoms. The van der Waals surface area contributed by atoms with Crippen molar-refractivity contribution in [2.75, 3.05) is 31.8 Å². The molecule has 0 saturated heterocycles. The number of aryl methyl sites for hydroxylation is 2. The maximum Gasteiger partial charge on any atom is 0.256 e. The minimum absolute atomic E-state index is 0.0947. The van der Waals surface area contributed by atoms with Gasteiger partial charge in [0.05, 0.1) is 33.2 Å². The Morgan fingerprint density at radius 2 is 1.91 bits per heavy atom. The lowest BCUT2D eigenvalue weighted by atomic mass is 10.00. The first kappa shape index (κ1) is 24.1. The van der Waals surface area contributed by atoms with Crippen LogP contribution in [0.15, 0.2) is 23.2 Å². The van der Waals surface area contributed by atoms with Crippen molar-refractivity contribution in [1.29, 1.82) is 0 Å². The van der Waals surface area contributed by atoms with Crippen LogP contribution < -0.4 is 4.90 Å². The Morgan fingerprint density at radius 1 is 1.21 bits per heavy atom. The normalized spacial score (nSPS) is 16.2. The largest absolute Gasteiger partial charge is 0.345 e. The molecule has 1 atom stereocenters. The van der Waals surface area contributed by atoms with Crippen LogP contribution in [0.1, 0.15) is 54.3 Å². The van der Waals surface area contributed by atoms with Crippen LogP contribution in [0.5, 0.6) is 0 Å². The van der Waals surface area contributed by atoms with E-state index in [4.69, 9.17) is 4.98 Å². The van der Waals surface area contributed by atoms with Crippen molar-refractivity contribution in [3.8, 4) is 0 Å². The number of benzene rings is 1. The molecule has 0 saturated carbocycles. The van der Waals surface area contributed by atoms with Gasteiger partial charge in [-0.2, -0.15) is 0 Å². The first-order valence-corrected chi connectivity index (χ1v) is 13.4. The Bertz CT molecular complexity index is 1380. The molecule has 0 radical (unpaired) electrons. The van der Waals surface area contributed by atoms with Gasteiger partial charge in [0.1, 0.15) is 5.82 Å². The molecule has 1 amide bonds. The van der Waals surface area contributed by atoms with Crippen molar-refractivity contribution in [2.45, 2.75) is 51.6 Å². The van der Waals surface area contributed by atoms with Crippen LogP contribution >= 0.6 is 0 Å². The predicted octanol–water partition coefficient (Wildman–Crippen LogP) is 3.02. The molecule has 9 nitrogen and oxygen atoms in total. The molecule has 182 valence electrons. The van der Waals surface area contributed by atoms with Gasteiger partial charge in [-0.3, -0.25) is 4.79 Å². The zero-order valence-corrected chi connectivity index (χ0v) is 21.6. The topological polar surface area (TPSA) is 101 Å². The molecule has 4 rings (SSSR count). The summed E-state index contributed by atoms with van der Waals surface area (Å²) in [6.07, 6.45) is 3.47. The zero-order chi connectivity index (χ0) is 24.9. The highest BCUT2D eigenvalue weighted by molar-refractivity contribution is 7.90. The molecule has 0 fully saturated rings. The summed E-state index contributed by atoms with van der Waals surface area (Å²) in [6.45, 7) is 9.31. The Hall–Kier alpha value is -3.01. The van der Waals surface area contributed by atoms with Crippen LogP contribution in [-0.4, -0.2) is 65.6 Å². The Balaban J connectivity index is 1.82. The third-order valence-electron chi connectivity index (χ3n) is 6.40. The number of hydrogen-bond donors (Lipinski definition) is 0. The van der Waals surface area contributed by atoms with Crippen molar-refractivity contribution in [3.63, 3.8) is 0 Å². The molecule has 0 unspecified atom stereocenters. The van der Waals surface area contributed by atoms with Crippen molar-refractivity contribution in [1.82, 2.24) is 24.4 Å². The van der Waals surface area contributed by atoms with Gasteiger partial charge in [0, 0.05) is 39.6 Å². The van der Waals surface area contributed by atoms with E-state index in [9.17, 15) is 13.2 Å². The van der Waals surface area contributed by atoms with Crippen LogP contribution in [0.25, 0.3) is 11.0 Å². The van der Waals surface area contributed by atoms with Crippen molar-refractivity contribution in [3.05, 3.63) is 41.0 Å². The highest BCUT2D eigenvalue weighted by Crippen LogP contribution is 2.37. The molecular formula is C24H32N6O3S. The average Bonchev–Trinajstić information content (AvgIpc) is 3.13. The molecule has 0 N–H and O–H groups in total. The number of sulfone groups is 1. The zero-order valence-electron chi connectivity index (χ0n) is 20.8. The minimum atomic E-state index is -3.35. The SMILES string of the molecule is CCc1cc2nc3n(c2cc1S(C)(=O)=O)CCN(c1ncc(C(=O)N(C)C)c(C)n1)[C@H]3C(C)C. The van der Waals surface area contributed by atoms with E-state index in [1.54, 1.807) is 26.4 Å². The first-order valence-electron chi connectivity index (χ1n) is 11.5. The fourth-order valence-electron chi connectivity index (χ4n) is 4.71. The van der Waals surface area contributed by atoms with Gasteiger partial charge in [-0.05, 0) is 37.0 Å². The summed E-state index contributed by atoms with van der Waals surface area (Å²) in [6, 6.07) is 3.58. The fourth-order valence-corrected chi connectivity index (χ4v) is 5.71. The second-order valence-electron chi connectivity index (χ2n) is 9.45. The fraction of sp³-hybridized carbons (Fsp3) is 0.500. The lowest BCUT2D eigenvalue weighted by molar-refractivity contribution is 0.0826. The van der Waals surface area contributed by atoms with E-state index in [0.29, 0.717) is 41.6 Å². The Kier molecular flexibility index (Phi) is 6.14. The van der Waals surface area contributed by atoms with Gasteiger partial charge >= 0.3 is 0 Å². The van der Waals surface area contributed by atoms with Crippen LogP contribution in [0, 0.1) is 12.8 Å². The van der Waals surface area contributed by atoms with E-state index in [1.807, 2.05) is 19.9 Å². The molecule has 0 spiro atoms. The Labute approximate surface area is 200 Å². The molecule has 3 heterocycles. The molecule has 2 aromatic heterocycles. The molecule has 1 aliphatic rings. The summed E-state index contributed by atoms with van der Waals surface area (Å²) in [5.41, 5.74) is 3.54. The molecule has 0 aliphatic carbocycles. The van der Waals surface area contributed by atoms with Crippen LogP contribution in [-0.2, 0) is 22.8 Å². The smallest absolute Gasteiger partial charge is 0.256 e. The molecule has 3 aromatic rings. The summed E-state index contributed by atoms with van der Waals surface area (Å²) >= 11 is 0. The maximum absolute atomic E-state index is 12.4. The van der Waals surface area contributed by atoms with Crippen molar-refractivity contribution >= 4 is 32.7 Å². The lowest BCUT2D eigenvalue weighted by Crippen LogP contribution is -2.42. The van der Waals surface area contributed by atoms with Gasteiger partial charge in [0.15, 0.2) is 9.84 Å². The summed E-state index contributed by atoms with van der Waals surface area (Å²) in [5.74, 6) is 1.51. The molecule has 1 aromatic carbocycles. The van der Waals surface area contributed by atoms with Gasteiger partial charge < -0.3 is 14.4 Å². The van der Waals surface area contributed by atoms with E-state index in [1.165, 1.54) is 11.2 Å². The minimum Gasteiger partial charge on any atom is -0.345 e. The third kappa shape index (κ3) is 4.04. The number of carbonyl (C=O) groups excluding carboxylic acids is 1. The standard InChI is InChI=1S/C24H32N6O3S/c1-8-16-11-18-19(12-20(16)34(7,32)33)29-9-10-30(21(14(2)3)22(29)27-18)24-25-13-17(15(4)26-24)23(31)28(5)6/h11-14,21H,8-10H2,1-7H3/t21-/m0/s1. The van der Waals surface area contributed by atoms with Gasteiger partial charge in [0.2, 0.25) is 5.95 Å². The van der Waals surface area contributed by atoms with Crippen LogP contribution in [0.2, 0.25) is 0 Å². The number of amides is 1. The quantitative estimate of drug-likeness (QED) is 0.549. The molecule has 1 aliphatic heterocycles. The number of fused-ring (bicyclic) bond motifs is 3. The van der Waals surface area contributed by atoms with Gasteiger partial charge in [-0.25, -0.2) is 23.4 Å².